The molecule has 0 unspecified atom stereocenters. The van der Waals surface area contributed by atoms with E-state index in [1.54, 1.807) is 0 Å². The summed E-state index contributed by atoms with van der Waals surface area (Å²) in [6, 6.07) is 38.3. The molecule has 134 valence electrons. The molecule has 2 heteroatoms. The second-order valence-corrected chi connectivity index (χ2v) is 10.1. The molecule has 0 aliphatic heterocycles. The highest BCUT2D eigenvalue weighted by Gasteiger charge is 2.23. The van der Waals surface area contributed by atoms with Gasteiger partial charge in [0.2, 0.25) is 0 Å². The van der Waals surface area contributed by atoms with E-state index in [-0.39, 0.29) is 0 Å². The van der Waals surface area contributed by atoms with Gasteiger partial charge in [0.15, 0.2) is 0 Å². The largest absolute Gasteiger partial charge is 0.247 e. The van der Waals surface area contributed by atoms with Crippen LogP contribution in [0.3, 0.4) is 0 Å². The molecule has 1 heterocycles. The van der Waals surface area contributed by atoms with E-state index in [1.807, 2.05) is 0 Å². The minimum absolute atomic E-state index is 1.05. The maximum absolute atomic E-state index is 5.22. The molecular weight excluding hydrogens is 357 g/mol. The van der Waals surface area contributed by atoms with Crippen molar-refractivity contribution in [3.05, 3.63) is 109 Å². The van der Waals surface area contributed by atoms with Crippen LogP contribution in [0.15, 0.2) is 109 Å². The minimum Gasteiger partial charge on any atom is -0.247 e. The Bertz CT molecular complexity index is 1280. The maximum atomic E-state index is 5.22. The Balaban J connectivity index is 1.84. The third-order valence-electron chi connectivity index (χ3n) is 5.36. The van der Waals surface area contributed by atoms with E-state index in [1.165, 1.54) is 21.4 Å². The first-order valence-electron chi connectivity index (χ1n) is 9.40. The van der Waals surface area contributed by atoms with Crippen LogP contribution in [0.5, 0.6) is 0 Å². The maximum Gasteiger partial charge on any atom is 0.0788 e. The van der Waals surface area contributed by atoms with Crippen molar-refractivity contribution in [2.45, 2.75) is 0 Å². The molecule has 0 radical (unpaired) electrons. The Morgan fingerprint density at radius 3 is 1.75 bits per heavy atom. The highest BCUT2D eigenvalue weighted by Crippen LogP contribution is 2.41. The number of hydrogen-bond donors (Lipinski definition) is 0. The standard InChI is InChI=1S/C26H20NP/c1-28(22-11-4-2-5-12-22,23-13-6-3-7-14-23)25-19-18-21-17-16-20-10-8-9-15-24(20)26(21)27-25/h2-19H,1H2. The monoisotopic (exact) mass is 377 g/mol. The zero-order valence-electron chi connectivity index (χ0n) is 15.5. The molecule has 0 saturated heterocycles. The molecule has 28 heavy (non-hydrogen) atoms. The summed E-state index contributed by atoms with van der Waals surface area (Å²) in [6.07, 6.45) is 4.82. The normalized spacial score (nSPS) is 11.7. The number of hydrogen-bond acceptors (Lipinski definition) is 1. The zero-order valence-corrected chi connectivity index (χ0v) is 16.4. The van der Waals surface area contributed by atoms with Crippen molar-refractivity contribution in [2.75, 3.05) is 0 Å². The fourth-order valence-corrected chi connectivity index (χ4v) is 6.63. The SMILES string of the molecule is C=P(c1ccccc1)(c1ccccc1)c1ccc2ccc3ccccc3c2n1. The Hall–Kier alpha value is -3.15. The molecule has 0 atom stereocenters. The first kappa shape index (κ1) is 17.0. The van der Waals surface area contributed by atoms with Gasteiger partial charge in [0.25, 0.3) is 0 Å². The summed E-state index contributed by atoms with van der Waals surface area (Å²) in [5, 5.41) is 6.05. The lowest BCUT2D eigenvalue weighted by Gasteiger charge is -2.25. The molecule has 0 fully saturated rings. The van der Waals surface area contributed by atoms with Crippen molar-refractivity contribution < 1.29 is 0 Å². The van der Waals surface area contributed by atoms with Crippen LogP contribution in [-0.4, -0.2) is 11.3 Å². The van der Waals surface area contributed by atoms with Gasteiger partial charge in [-0.25, -0.2) is 4.98 Å². The summed E-state index contributed by atoms with van der Waals surface area (Å²) >= 11 is 0. The lowest BCUT2D eigenvalue weighted by Crippen LogP contribution is -2.27. The Labute approximate surface area is 165 Å². The number of aromatic nitrogens is 1. The van der Waals surface area contributed by atoms with Crippen LogP contribution >= 0.6 is 6.89 Å². The number of fused-ring (bicyclic) bond motifs is 3. The third kappa shape index (κ3) is 2.68. The lowest BCUT2D eigenvalue weighted by molar-refractivity contribution is 1.50. The van der Waals surface area contributed by atoms with Gasteiger partial charge in [0.1, 0.15) is 0 Å². The first-order valence-corrected chi connectivity index (χ1v) is 11.4. The van der Waals surface area contributed by atoms with Crippen LogP contribution in [0.25, 0.3) is 21.7 Å². The van der Waals surface area contributed by atoms with Gasteiger partial charge in [-0.05, 0) is 28.9 Å². The molecule has 1 nitrogen and oxygen atoms in total. The van der Waals surface area contributed by atoms with Crippen LogP contribution in [0.4, 0.5) is 0 Å². The third-order valence-corrected chi connectivity index (χ3v) is 8.75. The number of benzene rings is 4. The molecule has 0 spiro atoms. The molecule has 0 aliphatic carbocycles. The summed E-state index contributed by atoms with van der Waals surface area (Å²) in [6.45, 7) is -2.07. The summed E-state index contributed by atoms with van der Waals surface area (Å²) in [5.74, 6) is 0. The van der Waals surface area contributed by atoms with Crippen molar-refractivity contribution in [3.8, 4) is 0 Å². The van der Waals surface area contributed by atoms with E-state index in [4.69, 9.17) is 11.3 Å². The van der Waals surface area contributed by atoms with Crippen molar-refractivity contribution in [1.29, 1.82) is 0 Å². The van der Waals surface area contributed by atoms with Gasteiger partial charge in [-0.3, -0.25) is 0 Å². The highest BCUT2D eigenvalue weighted by molar-refractivity contribution is 7.93. The van der Waals surface area contributed by atoms with Crippen LogP contribution in [0.1, 0.15) is 0 Å². The predicted molar refractivity (Wildman–Crippen MR) is 125 cm³/mol. The molecule has 1 aromatic heterocycles. The topological polar surface area (TPSA) is 12.9 Å². The highest BCUT2D eigenvalue weighted by atomic mass is 31.2. The fraction of sp³-hybridized carbons (Fsp3) is 0. The molecule has 5 aromatic rings. The van der Waals surface area contributed by atoms with Gasteiger partial charge in [-0.15, -0.1) is 0 Å². The minimum atomic E-state index is -2.07. The number of nitrogens with zero attached hydrogens (tertiary/aromatic N) is 1. The van der Waals surface area contributed by atoms with Gasteiger partial charge in [0, 0.05) is 10.8 Å². The van der Waals surface area contributed by atoms with Gasteiger partial charge in [-0.2, -0.15) is 0 Å². The summed E-state index contributed by atoms with van der Waals surface area (Å²) in [5.41, 5.74) is 2.12. The van der Waals surface area contributed by atoms with Gasteiger partial charge >= 0.3 is 0 Å². The van der Waals surface area contributed by atoms with E-state index >= 15 is 0 Å². The van der Waals surface area contributed by atoms with Crippen LogP contribution in [0, 0.1) is 0 Å². The molecule has 0 N–H and O–H groups in total. The quantitative estimate of drug-likeness (QED) is 0.314. The Morgan fingerprint density at radius 1 is 0.536 bits per heavy atom. The Morgan fingerprint density at radius 2 is 1.07 bits per heavy atom. The summed E-state index contributed by atoms with van der Waals surface area (Å²) < 4.78 is 0. The van der Waals surface area contributed by atoms with E-state index in [0.29, 0.717) is 0 Å². The van der Waals surface area contributed by atoms with E-state index in [2.05, 4.69) is 109 Å². The molecule has 0 aliphatic rings. The van der Waals surface area contributed by atoms with Gasteiger partial charge in [-0.1, -0.05) is 109 Å². The van der Waals surface area contributed by atoms with E-state index < -0.39 is 6.89 Å². The van der Waals surface area contributed by atoms with Crippen LogP contribution in [-0.2, 0) is 0 Å². The number of rotatable bonds is 3. The average Bonchev–Trinajstić information content (AvgIpc) is 2.79. The lowest BCUT2D eigenvalue weighted by atomic mass is 10.1. The van der Waals surface area contributed by atoms with Gasteiger partial charge < -0.3 is 0 Å². The first-order chi connectivity index (χ1) is 13.8. The van der Waals surface area contributed by atoms with Crippen LogP contribution in [0.2, 0.25) is 0 Å². The van der Waals surface area contributed by atoms with E-state index in [9.17, 15) is 0 Å². The fourth-order valence-electron chi connectivity index (χ4n) is 3.84. The molecule has 4 aromatic carbocycles. The molecule has 0 saturated carbocycles. The summed E-state index contributed by atoms with van der Waals surface area (Å²) in [7, 11) is 0. The number of pyridine rings is 1. The molecule has 0 bridgehead atoms. The predicted octanol–water partition coefficient (Wildman–Crippen LogP) is 5.11. The molecule has 5 rings (SSSR count). The molecular formula is C26H20NP. The summed E-state index contributed by atoms with van der Waals surface area (Å²) in [4.78, 5) is 5.22. The Kier molecular flexibility index (Phi) is 4.11. The molecule has 0 amide bonds. The average molecular weight is 377 g/mol. The second kappa shape index (κ2) is 6.78. The van der Waals surface area contributed by atoms with E-state index in [0.717, 1.165) is 16.3 Å². The van der Waals surface area contributed by atoms with Crippen molar-refractivity contribution in [2.24, 2.45) is 0 Å². The second-order valence-electron chi connectivity index (χ2n) is 7.01. The van der Waals surface area contributed by atoms with Crippen molar-refractivity contribution in [1.82, 2.24) is 4.98 Å². The van der Waals surface area contributed by atoms with Gasteiger partial charge in [0.05, 0.1) is 11.0 Å². The zero-order chi connectivity index (χ0) is 19.0. The van der Waals surface area contributed by atoms with Crippen molar-refractivity contribution >= 4 is 50.9 Å². The van der Waals surface area contributed by atoms with Crippen molar-refractivity contribution in [3.63, 3.8) is 0 Å². The smallest absolute Gasteiger partial charge is 0.0788 e. The van der Waals surface area contributed by atoms with Crippen LogP contribution < -0.4 is 16.0 Å².